The first-order valence-corrected chi connectivity index (χ1v) is 10.7. The van der Waals surface area contributed by atoms with Crippen LogP contribution in [0.4, 0.5) is 17.6 Å². The Morgan fingerprint density at radius 3 is 2.80 bits per heavy atom. The Bertz CT molecular complexity index is 951. The van der Waals surface area contributed by atoms with Gasteiger partial charge in [0.2, 0.25) is 5.91 Å². The fourth-order valence-corrected chi connectivity index (χ4v) is 5.06. The van der Waals surface area contributed by atoms with E-state index in [9.17, 15) is 27.2 Å². The molecule has 1 amide bonds. The summed E-state index contributed by atoms with van der Waals surface area (Å²) in [7, 11) is 0. The van der Waals surface area contributed by atoms with E-state index in [-0.39, 0.29) is 30.1 Å². The van der Waals surface area contributed by atoms with Gasteiger partial charge in [-0.1, -0.05) is 11.8 Å². The number of halogens is 4. The van der Waals surface area contributed by atoms with Crippen molar-refractivity contribution in [3.8, 4) is 0 Å². The van der Waals surface area contributed by atoms with E-state index in [2.05, 4.69) is 4.98 Å². The van der Waals surface area contributed by atoms with Gasteiger partial charge in [-0.15, -0.1) is 11.3 Å². The molecule has 1 aliphatic rings. The molecule has 1 saturated heterocycles. The topological polar surface area (TPSA) is 96.5 Å². The lowest BCUT2D eigenvalue weighted by atomic mass is 9.96. The van der Waals surface area contributed by atoms with E-state index in [0.29, 0.717) is 28.6 Å². The lowest BCUT2D eigenvalue weighted by Gasteiger charge is -2.30. The van der Waals surface area contributed by atoms with Gasteiger partial charge in [-0.05, 0) is 24.6 Å². The molecule has 0 spiro atoms. The number of thiazole rings is 1. The van der Waals surface area contributed by atoms with Crippen LogP contribution in [-0.4, -0.2) is 45.2 Å². The van der Waals surface area contributed by atoms with Gasteiger partial charge >= 0.3 is 12.1 Å². The zero-order valence-electron chi connectivity index (χ0n) is 15.4. The van der Waals surface area contributed by atoms with E-state index in [1.807, 2.05) is 0 Å². The van der Waals surface area contributed by atoms with Crippen LogP contribution in [0.1, 0.15) is 40.5 Å². The van der Waals surface area contributed by atoms with E-state index in [1.54, 1.807) is 0 Å². The van der Waals surface area contributed by atoms with Gasteiger partial charge in [0.15, 0.2) is 10.0 Å². The van der Waals surface area contributed by atoms with Crippen LogP contribution in [0.15, 0.2) is 27.9 Å². The van der Waals surface area contributed by atoms with Crippen molar-refractivity contribution in [1.82, 2.24) is 9.88 Å². The van der Waals surface area contributed by atoms with Gasteiger partial charge < -0.3 is 15.7 Å². The molecule has 30 heavy (non-hydrogen) atoms. The number of hydrogen-bond donors (Lipinski definition) is 2. The van der Waals surface area contributed by atoms with Crippen LogP contribution in [-0.2, 0) is 11.0 Å². The smallest absolute Gasteiger partial charge is 0.416 e. The minimum Gasteiger partial charge on any atom is -0.476 e. The second-order valence-corrected chi connectivity index (χ2v) is 8.81. The van der Waals surface area contributed by atoms with Crippen LogP contribution in [0, 0.1) is 5.82 Å². The summed E-state index contributed by atoms with van der Waals surface area (Å²) >= 11 is 2.41. The van der Waals surface area contributed by atoms with Gasteiger partial charge in [0.05, 0.1) is 17.6 Å². The van der Waals surface area contributed by atoms with Crippen molar-refractivity contribution in [2.75, 3.05) is 12.3 Å². The molecule has 2 heterocycles. The zero-order valence-corrected chi connectivity index (χ0v) is 17.0. The van der Waals surface area contributed by atoms with Crippen molar-refractivity contribution in [3.63, 3.8) is 0 Å². The summed E-state index contributed by atoms with van der Waals surface area (Å²) in [4.78, 5) is 28.5. The SMILES string of the molecule is NC(c1cc(C(F)(F)F)ccc1F)[C@H]1CCC(=O)N1CCSc1nc(C(=O)O)cs1. The molecule has 6 nitrogen and oxygen atoms in total. The number of carboxylic acids is 1. The van der Waals surface area contributed by atoms with E-state index >= 15 is 0 Å². The number of likely N-dealkylation sites (tertiary alicyclic amines) is 1. The number of aromatic nitrogens is 1. The molecule has 2 aromatic rings. The maximum atomic E-state index is 14.2. The average molecular weight is 463 g/mol. The minimum absolute atomic E-state index is 0.0698. The Morgan fingerprint density at radius 2 is 2.17 bits per heavy atom. The number of nitrogens with two attached hydrogens (primary N) is 1. The molecule has 0 saturated carbocycles. The van der Waals surface area contributed by atoms with Gasteiger partial charge in [-0.3, -0.25) is 4.79 Å². The number of alkyl halides is 3. The van der Waals surface area contributed by atoms with Crippen LogP contribution in [0.25, 0.3) is 0 Å². The maximum Gasteiger partial charge on any atom is 0.416 e. The summed E-state index contributed by atoms with van der Waals surface area (Å²) < 4.78 is 53.7. The monoisotopic (exact) mass is 463 g/mol. The molecule has 1 aromatic carbocycles. The first-order chi connectivity index (χ1) is 14.1. The molecular weight excluding hydrogens is 446 g/mol. The van der Waals surface area contributed by atoms with Gasteiger partial charge in [0.1, 0.15) is 5.82 Å². The average Bonchev–Trinajstić information content (AvgIpc) is 3.28. The number of thioether (sulfide) groups is 1. The van der Waals surface area contributed by atoms with Gasteiger partial charge in [-0.25, -0.2) is 14.2 Å². The van der Waals surface area contributed by atoms with Crippen LogP contribution in [0.5, 0.6) is 0 Å². The number of hydrogen-bond acceptors (Lipinski definition) is 6. The normalized spacial score (nSPS) is 18.1. The lowest BCUT2D eigenvalue weighted by Crippen LogP contribution is -2.42. The molecule has 1 unspecified atom stereocenters. The highest BCUT2D eigenvalue weighted by molar-refractivity contribution is 8.01. The molecule has 2 atom stereocenters. The number of carbonyl (C=O) groups is 2. The third-order valence-corrected chi connectivity index (χ3v) is 6.73. The lowest BCUT2D eigenvalue weighted by molar-refractivity contribution is -0.137. The number of benzene rings is 1. The molecule has 0 radical (unpaired) electrons. The third kappa shape index (κ3) is 4.93. The summed E-state index contributed by atoms with van der Waals surface area (Å²) in [6, 6.07) is 0.333. The van der Waals surface area contributed by atoms with Crippen molar-refractivity contribution < 1.29 is 32.3 Å². The molecule has 3 N–H and O–H groups in total. The summed E-state index contributed by atoms with van der Waals surface area (Å²) in [6.07, 6.45) is -4.16. The van der Waals surface area contributed by atoms with Crippen molar-refractivity contribution in [3.05, 3.63) is 46.2 Å². The molecule has 0 bridgehead atoms. The molecule has 1 aromatic heterocycles. The Morgan fingerprint density at radius 1 is 1.43 bits per heavy atom. The predicted molar refractivity (Wildman–Crippen MR) is 103 cm³/mol. The highest BCUT2D eigenvalue weighted by Crippen LogP contribution is 2.35. The first-order valence-electron chi connectivity index (χ1n) is 8.81. The van der Waals surface area contributed by atoms with E-state index < -0.39 is 35.6 Å². The fourth-order valence-electron chi connectivity index (χ4n) is 3.26. The third-order valence-electron chi connectivity index (χ3n) is 4.73. The highest BCUT2D eigenvalue weighted by atomic mass is 32.2. The Labute approximate surface area is 177 Å². The number of carboxylic acid groups (broad SMARTS) is 1. The van der Waals surface area contributed by atoms with E-state index in [0.717, 1.165) is 17.4 Å². The molecule has 1 fully saturated rings. The standard InChI is InChI=1S/C18H17F4N3O3S2/c19-11-2-1-9(18(20,21)22)7-10(11)15(23)13-3-4-14(26)25(13)5-6-29-17-24-12(8-30-17)16(27)28/h1-2,7-8,13,15H,3-6,23H2,(H,27,28)/t13-,15?/m1/s1. The quantitative estimate of drug-likeness (QED) is 0.479. The second kappa shape index (κ2) is 8.90. The molecular formula is C18H17F4N3O3S2. The van der Waals surface area contributed by atoms with Crippen molar-refractivity contribution in [2.24, 2.45) is 5.73 Å². The number of carbonyl (C=O) groups excluding carboxylic acids is 1. The number of aromatic carboxylic acids is 1. The predicted octanol–water partition coefficient (Wildman–Crippen LogP) is 3.78. The number of amides is 1. The summed E-state index contributed by atoms with van der Waals surface area (Å²) in [5, 5.41) is 10.3. The molecule has 12 heteroatoms. The zero-order chi connectivity index (χ0) is 22.1. The maximum absolute atomic E-state index is 14.2. The van der Waals surface area contributed by atoms with Crippen molar-refractivity contribution in [1.29, 1.82) is 0 Å². The highest BCUT2D eigenvalue weighted by Gasteiger charge is 2.38. The first kappa shape index (κ1) is 22.5. The van der Waals surface area contributed by atoms with E-state index in [1.165, 1.54) is 22.0 Å². The minimum atomic E-state index is -4.63. The van der Waals surface area contributed by atoms with Crippen LogP contribution in [0.2, 0.25) is 0 Å². The fraction of sp³-hybridized carbons (Fsp3) is 0.389. The molecule has 1 aliphatic heterocycles. The van der Waals surface area contributed by atoms with Crippen molar-refractivity contribution in [2.45, 2.75) is 35.4 Å². The Hall–Kier alpha value is -2.18. The molecule has 162 valence electrons. The van der Waals surface area contributed by atoms with Crippen LogP contribution < -0.4 is 5.73 Å². The Balaban J connectivity index is 1.70. The second-order valence-electron chi connectivity index (χ2n) is 6.61. The largest absolute Gasteiger partial charge is 0.476 e. The van der Waals surface area contributed by atoms with Gasteiger partial charge in [-0.2, -0.15) is 13.2 Å². The summed E-state index contributed by atoms with van der Waals surface area (Å²) in [6.45, 7) is 0.227. The van der Waals surface area contributed by atoms with Crippen LogP contribution >= 0.6 is 23.1 Å². The van der Waals surface area contributed by atoms with Crippen LogP contribution in [0.3, 0.4) is 0 Å². The summed E-state index contributed by atoms with van der Waals surface area (Å²) in [5.74, 6) is -1.82. The van der Waals surface area contributed by atoms with E-state index in [4.69, 9.17) is 10.8 Å². The summed E-state index contributed by atoms with van der Waals surface area (Å²) in [5.41, 5.74) is 4.75. The molecule has 3 rings (SSSR count). The Kier molecular flexibility index (Phi) is 6.68. The van der Waals surface area contributed by atoms with Crippen molar-refractivity contribution >= 4 is 35.0 Å². The number of nitrogens with zero attached hydrogens (tertiary/aromatic N) is 2. The molecule has 0 aliphatic carbocycles. The number of rotatable bonds is 7. The van der Waals surface area contributed by atoms with Gasteiger partial charge in [0, 0.05) is 29.7 Å². The van der Waals surface area contributed by atoms with Gasteiger partial charge in [0.25, 0.3) is 0 Å².